The molecule has 0 atom stereocenters. The van der Waals surface area contributed by atoms with E-state index in [1.54, 1.807) is 17.0 Å². The summed E-state index contributed by atoms with van der Waals surface area (Å²) in [6.45, 7) is 3.41. The van der Waals surface area contributed by atoms with Crippen LogP contribution in [0.15, 0.2) is 54.6 Å². The maximum atomic E-state index is 12.2. The number of ether oxygens (including phenoxy) is 1. The number of hydrogen-bond donors (Lipinski definition) is 3. The van der Waals surface area contributed by atoms with E-state index in [1.165, 1.54) is 22.6 Å². The minimum absolute atomic E-state index is 0.0594. The van der Waals surface area contributed by atoms with Gasteiger partial charge in [0.15, 0.2) is 6.54 Å². The molecule has 5 nitrogen and oxygen atoms in total. The lowest BCUT2D eigenvalue weighted by Crippen LogP contribution is -3.28. The molecule has 0 aliphatic carbocycles. The van der Waals surface area contributed by atoms with Gasteiger partial charge in [0, 0.05) is 12.1 Å². The van der Waals surface area contributed by atoms with Gasteiger partial charge in [-0.3, -0.25) is 4.79 Å². The largest absolute Gasteiger partial charge is 0.435 e. The zero-order valence-corrected chi connectivity index (χ0v) is 16.5. The normalized spacial score (nSPS) is 19.1. The van der Waals surface area contributed by atoms with Crippen molar-refractivity contribution in [3.8, 4) is 5.75 Å². The summed E-state index contributed by atoms with van der Waals surface area (Å²) in [5, 5.41) is 2.96. The van der Waals surface area contributed by atoms with Crippen LogP contribution in [0.4, 0.5) is 8.78 Å². The van der Waals surface area contributed by atoms with Gasteiger partial charge in [-0.25, -0.2) is 0 Å². The maximum absolute atomic E-state index is 12.2. The molecule has 3 rings (SSSR count). The number of alkyl halides is 2. The highest BCUT2D eigenvalue weighted by atomic mass is 19.3. The third kappa shape index (κ3) is 7.44. The highest BCUT2D eigenvalue weighted by molar-refractivity contribution is 5.76. The molecular formula is C22H29F2N3O2+2. The Hall–Kier alpha value is -2.51. The van der Waals surface area contributed by atoms with Gasteiger partial charge in [-0.2, -0.15) is 8.78 Å². The van der Waals surface area contributed by atoms with Crippen LogP contribution in [0, 0.1) is 0 Å². The van der Waals surface area contributed by atoms with Crippen molar-refractivity contribution in [2.45, 2.75) is 19.6 Å². The van der Waals surface area contributed by atoms with E-state index >= 15 is 0 Å². The van der Waals surface area contributed by atoms with E-state index in [9.17, 15) is 13.6 Å². The van der Waals surface area contributed by atoms with E-state index in [1.807, 2.05) is 6.07 Å². The quantitative estimate of drug-likeness (QED) is 0.547. The lowest BCUT2D eigenvalue weighted by molar-refractivity contribution is -1.02. The minimum Gasteiger partial charge on any atom is -0.435 e. The van der Waals surface area contributed by atoms with E-state index in [4.69, 9.17) is 0 Å². The van der Waals surface area contributed by atoms with Crippen molar-refractivity contribution < 1.29 is 28.1 Å². The Morgan fingerprint density at radius 1 is 0.931 bits per heavy atom. The number of carbonyl (C=O) groups excluding carboxylic acids is 1. The average molecular weight is 405 g/mol. The van der Waals surface area contributed by atoms with Crippen LogP contribution in [-0.2, 0) is 17.8 Å². The van der Waals surface area contributed by atoms with E-state index in [0.29, 0.717) is 19.5 Å². The van der Waals surface area contributed by atoms with Gasteiger partial charge in [0.1, 0.15) is 38.5 Å². The Morgan fingerprint density at radius 2 is 1.59 bits per heavy atom. The molecule has 0 spiro atoms. The Morgan fingerprint density at radius 3 is 2.24 bits per heavy atom. The molecule has 7 heteroatoms. The third-order valence-electron chi connectivity index (χ3n) is 5.26. The first-order valence-electron chi connectivity index (χ1n) is 10.1. The van der Waals surface area contributed by atoms with Crippen LogP contribution in [0.1, 0.15) is 11.1 Å². The molecule has 0 saturated carbocycles. The molecule has 3 N–H and O–H groups in total. The van der Waals surface area contributed by atoms with Gasteiger partial charge in [-0.15, -0.1) is 0 Å². The monoisotopic (exact) mass is 405 g/mol. The number of carbonyl (C=O) groups is 1. The first kappa shape index (κ1) is 21.2. The van der Waals surface area contributed by atoms with Crippen LogP contribution in [0.3, 0.4) is 0 Å². The van der Waals surface area contributed by atoms with Crippen LogP contribution < -0.4 is 19.9 Å². The second-order valence-electron chi connectivity index (χ2n) is 7.46. The summed E-state index contributed by atoms with van der Waals surface area (Å²) in [4.78, 5) is 15.1. The number of halogens is 2. The summed E-state index contributed by atoms with van der Waals surface area (Å²) in [6, 6.07) is 17.0. The summed E-state index contributed by atoms with van der Waals surface area (Å²) in [7, 11) is 0. The highest BCUT2D eigenvalue weighted by Crippen LogP contribution is 2.14. The molecule has 1 saturated heterocycles. The number of benzene rings is 2. The minimum atomic E-state index is -2.82. The Kier molecular flexibility index (Phi) is 7.95. The van der Waals surface area contributed by atoms with Gasteiger partial charge >= 0.3 is 6.61 Å². The van der Waals surface area contributed by atoms with Gasteiger partial charge in [0.05, 0.1) is 0 Å². The summed E-state index contributed by atoms with van der Waals surface area (Å²) in [5.74, 6) is 0.203. The smallest absolute Gasteiger partial charge is 0.387 e. The maximum Gasteiger partial charge on any atom is 0.387 e. The summed E-state index contributed by atoms with van der Waals surface area (Å²) >= 11 is 0. The SMILES string of the molecule is O=C(C[NH+]1CC[NH+](Cc2ccccc2)CC1)NCCc1ccc(OC(F)F)cc1. The number of hydrogen-bond acceptors (Lipinski definition) is 2. The Balaban J connectivity index is 1.31. The fourth-order valence-electron chi connectivity index (χ4n) is 3.67. The molecule has 29 heavy (non-hydrogen) atoms. The standard InChI is InChI=1S/C22H27F2N3O2/c23-22(24)29-20-8-6-18(7-9-20)10-11-25-21(28)17-27-14-12-26(13-15-27)16-19-4-2-1-3-5-19/h1-9,22H,10-17H2,(H,25,28)/p+2. The summed E-state index contributed by atoms with van der Waals surface area (Å²) in [6.07, 6.45) is 0.658. The van der Waals surface area contributed by atoms with Crippen LogP contribution in [0.25, 0.3) is 0 Å². The van der Waals surface area contributed by atoms with Crippen LogP contribution >= 0.6 is 0 Å². The van der Waals surface area contributed by atoms with Crippen molar-refractivity contribution in [1.82, 2.24) is 5.32 Å². The molecule has 1 heterocycles. The predicted molar refractivity (Wildman–Crippen MR) is 106 cm³/mol. The fraction of sp³-hybridized carbons (Fsp3) is 0.409. The van der Waals surface area contributed by atoms with E-state index in [-0.39, 0.29) is 11.7 Å². The number of quaternary nitrogens is 2. The number of nitrogens with one attached hydrogen (secondary N) is 3. The molecule has 0 radical (unpaired) electrons. The van der Waals surface area contributed by atoms with Gasteiger partial charge in [0.25, 0.3) is 5.91 Å². The average Bonchev–Trinajstić information content (AvgIpc) is 2.71. The highest BCUT2D eigenvalue weighted by Gasteiger charge is 2.24. The van der Waals surface area contributed by atoms with E-state index < -0.39 is 6.61 Å². The van der Waals surface area contributed by atoms with E-state index in [2.05, 4.69) is 34.3 Å². The first-order valence-corrected chi connectivity index (χ1v) is 10.1. The number of rotatable bonds is 9. The van der Waals surface area contributed by atoms with Crippen LogP contribution in [-0.4, -0.2) is 51.8 Å². The van der Waals surface area contributed by atoms with Crippen molar-refractivity contribution in [2.24, 2.45) is 0 Å². The van der Waals surface area contributed by atoms with E-state index in [0.717, 1.165) is 38.3 Å². The Labute approximate surface area is 170 Å². The lowest BCUT2D eigenvalue weighted by Gasteiger charge is -2.29. The van der Waals surface area contributed by atoms with Gasteiger partial charge < -0.3 is 19.9 Å². The number of amides is 1. The second kappa shape index (κ2) is 10.9. The first-order chi connectivity index (χ1) is 14.1. The van der Waals surface area contributed by atoms with Gasteiger partial charge in [-0.05, 0) is 24.1 Å². The molecule has 2 aromatic carbocycles. The molecule has 1 fully saturated rings. The van der Waals surface area contributed by atoms with Gasteiger partial charge in [-0.1, -0.05) is 42.5 Å². The third-order valence-corrected chi connectivity index (χ3v) is 5.26. The van der Waals surface area contributed by atoms with Crippen LogP contribution in [0.5, 0.6) is 5.75 Å². The fourth-order valence-corrected chi connectivity index (χ4v) is 3.67. The van der Waals surface area contributed by atoms with Crippen LogP contribution in [0.2, 0.25) is 0 Å². The molecule has 156 valence electrons. The number of piperazine rings is 1. The molecule has 1 aliphatic heterocycles. The second-order valence-corrected chi connectivity index (χ2v) is 7.46. The molecule has 0 unspecified atom stereocenters. The predicted octanol–water partition coefficient (Wildman–Crippen LogP) is -0.0697. The molecule has 1 aliphatic rings. The van der Waals surface area contributed by atoms with Crippen molar-refractivity contribution in [3.63, 3.8) is 0 Å². The molecule has 0 aromatic heterocycles. The molecule has 1 amide bonds. The summed E-state index contributed by atoms with van der Waals surface area (Å²) in [5.41, 5.74) is 2.33. The molecule has 0 bridgehead atoms. The Bertz CT molecular complexity index is 748. The van der Waals surface area contributed by atoms with Crippen molar-refractivity contribution >= 4 is 5.91 Å². The molecule has 2 aromatic rings. The molecular weight excluding hydrogens is 376 g/mol. The van der Waals surface area contributed by atoms with Crippen molar-refractivity contribution in [3.05, 3.63) is 65.7 Å². The summed E-state index contributed by atoms with van der Waals surface area (Å²) < 4.78 is 28.6. The zero-order valence-electron chi connectivity index (χ0n) is 16.5. The zero-order chi connectivity index (χ0) is 20.5. The van der Waals surface area contributed by atoms with Gasteiger partial charge in [0.2, 0.25) is 0 Å². The van der Waals surface area contributed by atoms with Crippen molar-refractivity contribution in [2.75, 3.05) is 39.3 Å². The lowest BCUT2D eigenvalue weighted by atomic mass is 10.1. The van der Waals surface area contributed by atoms with Crippen molar-refractivity contribution in [1.29, 1.82) is 0 Å². The topological polar surface area (TPSA) is 47.2 Å².